The smallest absolute Gasteiger partial charge is 0.251 e. The lowest BCUT2D eigenvalue weighted by molar-refractivity contribution is -0.183. The zero-order valence-electron chi connectivity index (χ0n) is 35.2. The lowest BCUT2D eigenvalue weighted by atomic mass is 9.45. The van der Waals surface area contributed by atoms with Crippen molar-refractivity contribution >= 4 is 23.2 Å². The van der Waals surface area contributed by atoms with Gasteiger partial charge in [-0.25, -0.2) is 0 Å². The molecule has 3 aromatic rings. The summed E-state index contributed by atoms with van der Waals surface area (Å²) in [6, 6.07) is 18.3. The third-order valence-electron chi connectivity index (χ3n) is 13.1. The molecule has 1 aliphatic heterocycles. The molecule has 1 heterocycles. The third kappa shape index (κ3) is 8.80. The first kappa shape index (κ1) is 42.4. The highest BCUT2D eigenvalue weighted by atomic mass is 16.7. The van der Waals surface area contributed by atoms with Crippen LogP contribution in [0.1, 0.15) is 62.0 Å². The number of methoxy groups -OCH3 is 1. The number of nitrogens with zero attached hydrogens (tertiary/aromatic N) is 3. The normalized spacial score (nSPS) is 26.4. The molecule has 9 atom stereocenters. The fourth-order valence-corrected chi connectivity index (χ4v) is 9.84. The molecule has 3 saturated carbocycles. The Hall–Kier alpha value is -4.20. The Balaban J connectivity index is 1.29. The summed E-state index contributed by atoms with van der Waals surface area (Å²) in [6.07, 6.45) is 1.03. The monoisotopic (exact) mass is 784 g/mol. The van der Waals surface area contributed by atoms with Crippen molar-refractivity contribution in [2.75, 3.05) is 59.1 Å². The van der Waals surface area contributed by atoms with Gasteiger partial charge >= 0.3 is 0 Å². The molecule has 0 aromatic heterocycles. The van der Waals surface area contributed by atoms with Gasteiger partial charge in [0.2, 0.25) is 5.91 Å². The van der Waals surface area contributed by atoms with E-state index < -0.39 is 24.2 Å². The number of hydroxylamine groups is 2. The number of hydrogen-bond acceptors (Lipinski definition) is 10. The van der Waals surface area contributed by atoms with E-state index in [-0.39, 0.29) is 42.5 Å². The molecule has 0 radical (unpaired) electrons. The van der Waals surface area contributed by atoms with Crippen molar-refractivity contribution in [3.8, 4) is 16.9 Å². The molecule has 3 aromatic carbocycles. The number of anilines is 2. The number of likely N-dealkylation sites (N-methyl/N-ethyl adjacent to an activating group) is 1. The van der Waals surface area contributed by atoms with Crippen molar-refractivity contribution < 1.29 is 29.4 Å². The molecule has 2 bridgehead atoms. The van der Waals surface area contributed by atoms with Crippen LogP contribution in [0.15, 0.2) is 60.7 Å². The second-order valence-corrected chi connectivity index (χ2v) is 17.7. The maximum atomic E-state index is 14.3. The van der Waals surface area contributed by atoms with E-state index in [1.807, 2.05) is 98.7 Å². The van der Waals surface area contributed by atoms with Gasteiger partial charge in [-0.3, -0.25) is 14.4 Å². The number of aliphatic hydroxyl groups excluding tert-OH is 2. The van der Waals surface area contributed by atoms with E-state index in [2.05, 4.69) is 31.4 Å². The van der Waals surface area contributed by atoms with Crippen LogP contribution in [0.4, 0.5) is 11.4 Å². The third-order valence-corrected chi connectivity index (χ3v) is 13.1. The summed E-state index contributed by atoms with van der Waals surface area (Å²) in [5.74, 6) is 0.941. The van der Waals surface area contributed by atoms with Gasteiger partial charge in [0.15, 0.2) is 0 Å². The topological polar surface area (TPSA) is 153 Å². The van der Waals surface area contributed by atoms with E-state index in [0.717, 1.165) is 34.4 Å². The first-order valence-corrected chi connectivity index (χ1v) is 20.3. The quantitative estimate of drug-likeness (QED) is 0.139. The Morgan fingerprint density at radius 3 is 2.39 bits per heavy atom. The number of aliphatic hydroxyl groups is 2. The van der Waals surface area contributed by atoms with E-state index in [9.17, 15) is 19.8 Å². The first-order valence-electron chi connectivity index (χ1n) is 20.3. The Labute approximate surface area is 338 Å². The Morgan fingerprint density at radius 2 is 1.77 bits per heavy atom. The molecule has 1 saturated heterocycles. The molecule has 57 heavy (non-hydrogen) atoms. The highest BCUT2D eigenvalue weighted by Crippen LogP contribution is 2.61. The predicted octanol–water partition coefficient (Wildman–Crippen LogP) is 4.57. The van der Waals surface area contributed by atoms with Gasteiger partial charge in [0, 0.05) is 66.7 Å². The van der Waals surface area contributed by atoms with Crippen molar-refractivity contribution in [1.82, 2.24) is 20.6 Å². The number of hydrogen-bond donors (Lipinski definition) is 5. The number of nitrogens with two attached hydrogens (primary N) is 1. The second kappa shape index (κ2) is 17.3. The zero-order chi connectivity index (χ0) is 41.3. The molecular weight excluding hydrogens is 721 g/mol. The minimum atomic E-state index is -0.909. The minimum Gasteiger partial charge on any atom is -0.496 e. The van der Waals surface area contributed by atoms with Crippen LogP contribution in [-0.4, -0.2) is 111 Å². The Bertz CT molecular complexity index is 1900. The number of para-hydroxylation sites is 2. The van der Waals surface area contributed by atoms with Gasteiger partial charge in [0.1, 0.15) is 17.9 Å². The molecule has 6 N–H and O–H groups in total. The van der Waals surface area contributed by atoms with Gasteiger partial charge in [-0.05, 0) is 98.8 Å². The van der Waals surface area contributed by atoms with E-state index in [1.54, 1.807) is 19.1 Å². The Morgan fingerprint density at radius 1 is 1.05 bits per heavy atom. The minimum absolute atomic E-state index is 0.0295. The van der Waals surface area contributed by atoms with Crippen molar-refractivity contribution in [1.29, 1.82) is 0 Å². The van der Waals surface area contributed by atoms with Crippen LogP contribution in [0.3, 0.4) is 0 Å². The molecule has 4 aliphatic rings. The van der Waals surface area contributed by atoms with Crippen molar-refractivity contribution in [2.24, 2.45) is 29.1 Å². The predicted molar refractivity (Wildman–Crippen MR) is 225 cm³/mol. The van der Waals surface area contributed by atoms with E-state index in [1.165, 1.54) is 6.42 Å². The molecule has 4 fully saturated rings. The molecule has 12 heteroatoms. The summed E-state index contributed by atoms with van der Waals surface area (Å²) in [4.78, 5) is 38.7. The summed E-state index contributed by atoms with van der Waals surface area (Å²) in [5, 5.41) is 29.6. The zero-order valence-corrected chi connectivity index (χ0v) is 35.2. The molecule has 12 nitrogen and oxygen atoms in total. The second-order valence-electron chi connectivity index (χ2n) is 17.7. The number of rotatable bonds is 15. The van der Waals surface area contributed by atoms with Crippen LogP contribution < -0.4 is 26.0 Å². The number of ether oxygens (including phenoxy) is 1. The van der Waals surface area contributed by atoms with Crippen LogP contribution >= 0.6 is 0 Å². The van der Waals surface area contributed by atoms with Crippen LogP contribution in [0.5, 0.6) is 5.75 Å². The maximum Gasteiger partial charge on any atom is 0.251 e. The lowest BCUT2D eigenvalue weighted by Gasteiger charge is -2.62. The standard InChI is InChI=1S/C45H64N6O6/c1-26-36-21-32(45(36,3)4)22-38(26)48-44(55)41-40(27(2)53)39(25-52)57-51(41)23-29-14-12-15-35(42(29)56-9)30-17-31(20-34(19-30)50(7)8)43(54)47-33(24-49(5)6)18-28-13-10-11-16-37(28)46/h10-17,19-20,26-27,32-33,36,38-41,52-53H,18,21-25,46H2,1-9H3,(H,47,54)(H,48,55)/t26-,27-,32+,33-,36+,38-,39-,40+,41-/m0/s1. The molecular formula is C45H64N6O6. The molecule has 0 unspecified atom stereocenters. The lowest BCUT2D eigenvalue weighted by Crippen LogP contribution is -2.62. The van der Waals surface area contributed by atoms with E-state index >= 15 is 0 Å². The number of carbonyl (C=O) groups is 2. The number of nitrogens with one attached hydrogen (secondary N) is 2. The van der Waals surface area contributed by atoms with Crippen molar-refractivity contribution in [3.05, 3.63) is 77.4 Å². The van der Waals surface area contributed by atoms with Gasteiger partial charge in [-0.15, -0.1) is 0 Å². The number of amides is 2. The van der Waals surface area contributed by atoms with Crippen LogP contribution in [0.25, 0.3) is 11.1 Å². The van der Waals surface area contributed by atoms with Crippen LogP contribution in [-0.2, 0) is 22.6 Å². The van der Waals surface area contributed by atoms with Gasteiger partial charge in [0.05, 0.1) is 26.4 Å². The number of benzene rings is 3. The van der Waals surface area contributed by atoms with Gasteiger partial charge in [-0.2, -0.15) is 5.06 Å². The molecule has 310 valence electrons. The summed E-state index contributed by atoms with van der Waals surface area (Å²) in [5.41, 5.74) is 11.9. The van der Waals surface area contributed by atoms with Gasteiger partial charge < -0.3 is 41.1 Å². The Kier molecular flexibility index (Phi) is 12.9. The highest BCUT2D eigenvalue weighted by Gasteiger charge is 2.57. The summed E-state index contributed by atoms with van der Waals surface area (Å²) in [7, 11) is 9.44. The number of fused-ring (bicyclic) bond motifs is 2. The van der Waals surface area contributed by atoms with Crippen LogP contribution in [0.2, 0.25) is 0 Å². The van der Waals surface area contributed by atoms with Gasteiger partial charge in [-0.1, -0.05) is 57.2 Å². The summed E-state index contributed by atoms with van der Waals surface area (Å²) < 4.78 is 6.11. The SMILES string of the molecule is COc1c(CN2O[C@@H](CO)[C@@H]([C@H](C)O)[C@H]2C(=O)N[C@H]2C[C@H]3C[C@H]([C@@H]2C)C3(C)C)cccc1-c1cc(C(=O)N[C@@H](Cc2ccccc2N)CN(C)C)cc(N(C)C)c1. The fourth-order valence-electron chi connectivity index (χ4n) is 9.84. The molecule has 7 rings (SSSR count). The van der Waals surface area contributed by atoms with E-state index in [4.69, 9.17) is 15.3 Å². The van der Waals surface area contributed by atoms with Crippen molar-refractivity contribution in [2.45, 2.75) is 83.8 Å². The average Bonchev–Trinajstić information content (AvgIpc) is 3.54. The first-order chi connectivity index (χ1) is 27.0. The fraction of sp³-hybridized carbons (Fsp3) is 0.556. The van der Waals surface area contributed by atoms with E-state index in [0.29, 0.717) is 47.7 Å². The molecule has 0 spiro atoms. The van der Waals surface area contributed by atoms with Crippen molar-refractivity contribution in [3.63, 3.8) is 0 Å². The van der Waals surface area contributed by atoms with Gasteiger partial charge in [0.25, 0.3) is 5.91 Å². The maximum absolute atomic E-state index is 14.3. The number of nitrogen functional groups attached to an aromatic ring is 1. The number of carbonyl (C=O) groups excluding carboxylic acids is 2. The summed E-state index contributed by atoms with van der Waals surface area (Å²) >= 11 is 0. The highest BCUT2D eigenvalue weighted by molar-refractivity contribution is 5.97. The average molecular weight is 785 g/mol. The largest absolute Gasteiger partial charge is 0.496 e. The molecule has 3 aliphatic carbocycles. The van der Waals surface area contributed by atoms with Crippen LogP contribution in [0, 0.1) is 29.1 Å². The molecule has 2 amide bonds. The summed E-state index contributed by atoms with van der Waals surface area (Å²) in [6.45, 7) is 8.99.